The highest BCUT2D eigenvalue weighted by molar-refractivity contribution is 5.67. The Morgan fingerprint density at radius 3 is 2.71 bits per heavy atom. The number of carboxylic acid groups (broad SMARTS) is 1. The molecule has 2 N–H and O–H groups in total. The minimum absolute atomic E-state index is 0.0820. The highest BCUT2D eigenvalue weighted by Gasteiger charge is 2.12. The maximum Gasteiger partial charge on any atom is 0.305 e. The molecule has 17 heavy (non-hydrogen) atoms. The standard InChI is InChI=1S/C12H19N3O2/c1-12(2,3)7-9-6-10(15-8-14-9)13-5-4-11(16)17/h6,8H,4-5,7H2,1-3H3,(H,16,17)(H,13,14,15). The van der Waals surface area contributed by atoms with Gasteiger partial charge in [0.1, 0.15) is 12.1 Å². The molecule has 0 aliphatic heterocycles. The Bertz CT molecular complexity index is 386. The minimum atomic E-state index is -0.818. The van der Waals surface area contributed by atoms with E-state index in [0.717, 1.165) is 12.1 Å². The predicted molar refractivity (Wildman–Crippen MR) is 65.9 cm³/mol. The van der Waals surface area contributed by atoms with Crippen molar-refractivity contribution in [2.24, 2.45) is 5.41 Å². The maximum atomic E-state index is 10.4. The lowest BCUT2D eigenvalue weighted by Crippen LogP contribution is -2.12. The van der Waals surface area contributed by atoms with Gasteiger partial charge >= 0.3 is 5.97 Å². The number of hydrogen-bond donors (Lipinski definition) is 2. The van der Waals surface area contributed by atoms with E-state index in [1.54, 1.807) is 0 Å². The molecule has 0 radical (unpaired) electrons. The summed E-state index contributed by atoms with van der Waals surface area (Å²) in [5.74, 6) is -0.137. The summed E-state index contributed by atoms with van der Waals surface area (Å²) in [7, 11) is 0. The lowest BCUT2D eigenvalue weighted by atomic mass is 9.90. The fourth-order valence-corrected chi connectivity index (χ4v) is 1.43. The number of aromatic nitrogens is 2. The Balaban J connectivity index is 2.57. The van der Waals surface area contributed by atoms with Crippen LogP contribution in [0.2, 0.25) is 0 Å². The first-order valence-corrected chi connectivity index (χ1v) is 5.63. The van der Waals surface area contributed by atoms with Crippen LogP contribution in [0.5, 0.6) is 0 Å². The zero-order valence-electron chi connectivity index (χ0n) is 10.5. The fraction of sp³-hybridized carbons (Fsp3) is 0.583. The third-order valence-electron chi connectivity index (χ3n) is 2.08. The van der Waals surface area contributed by atoms with Gasteiger partial charge in [-0.2, -0.15) is 0 Å². The molecule has 0 amide bonds. The number of rotatable bonds is 5. The second-order valence-corrected chi connectivity index (χ2v) is 5.20. The summed E-state index contributed by atoms with van der Waals surface area (Å²) in [5, 5.41) is 11.5. The predicted octanol–water partition coefficient (Wildman–Crippen LogP) is 1.95. The first-order chi connectivity index (χ1) is 7.87. The van der Waals surface area contributed by atoms with Gasteiger partial charge in [0.15, 0.2) is 0 Å². The third kappa shape index (κ3) is 5.85. The Hall–Kier alpha value is -1.65. The van der Waals surface area contributed by atoms with Crippen molar-refractivity contribution < 1.29 is 9.90 Å². The van der Waals surface area contributed by atoms with E-state index in [4.69, 9.17) is 5.11 Å². The highest BCUT2D eigenvalue weighted by atomic mass is 16.4. The largest absolute Gasteiger partial charge is 0.481 e. The molecule has 1 heterocycles. The van der Waals surface area contributed by atoms with Crippen molar-refractivity contribution in [1.29, 1.82) is 0 Å². The Kier molecular flexibility index (Phi) is 4.43. The van der Waals surface area contributed by atoms with Crippen molar-refractivity contribution in [2.45, 2.75) is 33.6 Å². The van der Waals surface area contributed by atoms with E-state index in [1.165, 1.54) is 6.33 Å². The van der Waals surface area contributed by atoms with E-state index in [-0.39, 0.29) is 11.8 Å². The Morgan fingerprint density at radius 2 is 2.12 bits per heavy atom. The molecule has 1 rings (SSSR count). The second kappa shape index (κ2) is 5.61. The van der Waals surface area contributed by atoms with Gasteiger partial charge < -0.3 is 10.4 Å². The fourth-order valence-electron chi connectivity index (χ4n) is 1.43. The molecule has 0 spiro atoms. The SMILES string of the molecule is CC(C)(C)Cc1cc(NCCC(=O)O)ncn1. The van der Waals surface area contributed by atoms with Gasteiger partial charge in [0.05, 0.1) is 6.42 Å². The van der Waals surface area contributed by atoms with Crippen LogP contribution in [0, 0.1) is 5.41 Å². The van der Waals surface area contributed by atoms with Crippen LogP contribution < -0.4 is 5.32 Å². The van der Waals surface area contributed by atoms with Gasteiger partial charge in [-0.05, 0) is 11.8 Å². The van der Waals surface area contributed by atoms with E-state index in [9.17, 15) is 4.79 Å². The number of nitrogens with zero attached hydrogens (tertiary/aromatic N) is 2. The summed E-state index contributed by atoms with van der Waals surface area (Å²) >= 11 is 0. The van der Waals surface area contributed by atoms with Crippen molar-refractivity contribution in [3.05, 3.63) is 18.1 Å². The van der Waals surface area contributed by atoms with Crippen LogP contribution in [0.3, 0.4) is 0 Å². The van der Waals surface area contributed by atoms with Crippen molar-refractivity contribution in [3.63, 3.8) is 0 Å². The van der Waals surface area contributed by atoms with Gasteiger partial charge in [-0.3, -0.25) is 4.79 Å². The average molecular weight is 237 g/mol. The topological polar surface area (TPSA) is 75.1 Å². The number of nitrogens with one attached hydrogen (secondary N) is 1. The number of aliphatic carboxylic acids is 1. The van der Waals surface area contributed by atoms with E-state index < -0.39 is 5.97 Å². The minimum Gasteiger partial charge on any atom is -0.481 e. The highest BCUT2D eigenvalue weighted by Crippen LogP contribution is 2.19. The van der Waals surface area contributed by atoms with Crippen LogP contribution in [-0.2, 0) is 11.2 Å². The molecule has 0 bridgehead atoms. The molecule has 5 heteroatoms. The molecular weight excluding hydrogens is 218 g/mol. The smallest absolute Gasteiger partial charge is 0.305 e. The molecule has 0 saturated carbocycles. The first kappa shape index (κ1) is 13.4. The normalized spacial score (nSPS) is 11.2. The third-order valence-corrected chi connectivity index (χ3v) is 2.08. The van der Waals surface area contributed by atoms with Gasteiger partial charge in [-0.1, -0.05) is 20.8 Å². The summed E-state index contributed by atoms with van der Waals surface area (Å²) in [6.07, 6.45) is 2.45. The Morgan fingerprint density at radius 1 is 1.41 bits per heavy atom. The lowest BCUT2D eigenvalue weighted by Gasteiger charge is -2.17. The van der Waals surface area contributed by atoms with Gasteiger partial charge in [-0.15, -0.1) is 0 Å². The molecule has 0 atom stereocenters. The molecule has 0 aliphatic rings. The van der Waals surface area contributed by atoms with Crippen molar-refractivity contribution in [2.75, 3.05) is 11.9 Å². The summed E-state index contributed by atoms with van der Waals surface area (Å²) in [5.41, 5.74) is 1.14. The van der Waals surface area contributed by atoms with Crippen molar-refractivity contribution >= 4 is 11.8 Å². The second-order valence-electron chi connectivity index (χ2n) is 5.20. The lowest BCUT2D eigenvalue weighted by molar-refractivity contribution is -0.136. The average Bonchev–Trinajstić information content (AvgIpc) is 2.14. The van der Waals surface area contributed by atoms with E-state index in [2.05, 4.69) is 36.1 Å². The zero-order valence-corrected chi connectivity index (χ0v) is 10.5. The molecule has 1 aromatic rings. The molecule has 0 aliphatic carbocycles. The van der Waals surface area contributed by atoms with Crippen LogP contribution in [0.1, 0.15) is 32.9 Å². The molecule has 0 unspecified atom stereocenters. The Labute approximate surface area is 101 Å². The molecule has 94 valence electrons. The summed E-state index contributed by atoms with van der Waals surface area (Å²) < 4.78 is 0. The van der Waals surface area contributed by atoms with Crippen LogP contribution >= 0.6 is 0 Å². The molecule has 1 aromatic heterocycles. The van der Waals surface area contributed by atoms with Gasteiger partial charge in [0.25, 0.3) is 0 Å². The molecule has 0 aromatic carbocycles. The monoisotopic (exact) mass is 237 g/mol. The van der Waals surface area contributed by atoms with E-state index in [0.29, 0.717) is 12.4 Å². The summed E-state index contributed by atoms with van der Waals surface area (Å²) in [6.45, 7) is 6.81. The van der Waals surface area contributed by atoms with Crippen LogP contribution in [0.25, 0.3) is 0 Å². The summed E-state index contributed by atoms with van der Waals surface area (Å²) in [4.78, 5) is 18.6. The molecule has 0 saturated heterocycles. The zero-order chi connectivity index (χ0) is 12.9. The van der Waals surface area contributed by atoms with Crippen molar-refractivity contribution in [1.82, 2.24) is 9.97 Å². The molecular formula is C12H19N3O2. The maximum absolute atomic E-state index is 10.4. The van der Waals surface area contributed by atoms with E-state index >= 15 is 0 Å². The number of carbonyl (C=O) groups is 1. The number of anilines is 1. The van der Waals surface area contributed by atoms with Crippen LogP contribution in [-0.4, -0.2) is 27.6 Å². The summed E-state index contributed by atoms with van der Waals surface area (Å²) in [6, 6.07) is 1.87. The number of hydrogen-bond acceptors (Lipinski definition) is 4. The quantitative estimate of drug-likeness (QED) is 0.818. The van der Waals surface area contributed by atoms with Crippen molar-refractivity contribution in [3.8, 4) is 0 Å². The molecule has 5 nitrogen and oxygen atoms in total. The van der Waals surface area contributed by atoms with Crippen LogP contribution in [0.4, 0.5) is 5.82 Å². The van der Waals surface area contributed by atoms with Crippen LogP contribution in [0.15, 0.2) is 12.4 Å². The molecule has 0 fully saturated rings. The first-order valence-electron chi connectivity index (χ1n) is 5.63. The van der Waals surface area contributed by atoms with Gasteiger partial charge in [-0.25, -0.2) is 9.97 Å². The number of carboxylic acids is 1. The van der Waals surface area contributed by atoms with Gasteiger partial charge in [0, 0.05) is 18.3 Å². The van der Waals surface area contributed by atoms with Gasteiger partial charge in [0.2, 0.25) is 0 Å². The van der Waals surface area contributed by atoms with E-state index in [1.807, 2.05) is 6.07 Å².